The van der Waals surface area contributed by atoms with Gasteiger partial charge in [0.1, 0.15) is 17.4 Å². The molecular weight excluding hydrogens is 474 g/mol. The fraction of sp³-hybridized carbons (Fsp3) is 0.679. The van der Waals surface area contributed by atoms with Crippen molar-refractivity contribution < 1.29 is 29.0 Å². The highest BCUT2D eigenvalue weighted by molar-refractivity contribution is 6.02. The third-order valence-electron chi connectivity index (χ3n) is 8.94. The second-order valence-corrected chi connectivity index (χ2v) is 10.9. The van der Waals surface area contributed by atoms with Crippen LogP contribution in [0.5, 0.6) is 5.75 Å². The molecule has 4 fully saturated rings. The molecule has 4 aliphatic rings. The standard InChI is InChI=1S/C28H39N3O6/c1-3-27-14-15-28(37-27)22(21(27)24(33)29-19-10-12-20(13-11-19)36-4-2)26(35)31(16-17-32)23(28)25(34)30-18-8-6-5-7-9-18/h10-13,18,21-23,32H,3-9,14-17H2,1-2H3,(H,29,33)(H,30,34)/t21-,22+,23?,27+,28?/m1/s1. The monoisotopic (exact) mass is 513 g/mol. The van der Waals surface area contributed by atoms with Crippen molar-refractivity contribution in [3.63, 3.8) is 0 Å². The molecule has 2 bridgehead atoms. The van der Waals surface area contributed by atoms with Crippen LogP contribution in [0.2, 0.25) is 0 Å². The number of anilines is 1. The van der Waals surface area contributed by atoms with Crippen LogP contribution in [0.3, 0.4) is 0 Å². The number of benzene rings is 1. The minimum atomic E-state index is -1.07. The number of hydrogen-bond donors (Lipinski definition) is 3. The van der Waals surface area contributed by atoms with Crippen LogP contribution >= 0.6 is 0 Å². The zero-order valence-corrected chi connectivity index (χ0v) is 21.8. The first-order chi connectivity index (χ1) is 17.9. The lowest BCUT2D eigenvalue weighted by molar-refractivity contribution is -0.147. The Bertz CT molecular complexity index is 1030. The number of rotatable bonds is 9. The van der Waals surface area contributed by atoms with E-state index in [1.807, 2.05) is 13.8 Å². The van der Waals surface area contributed by atoms with Gasteiger partial charge in [-0.25, -0.2) is 0 Å². The highest BCUT2D eigenvalue weighted by atomic mass is 16.5. The molecule has 0 radical (unpaired) electrons. The van der Waals surface area contributed by atoms with E-state index in [-0.39, 0.29) is 36.9 Å². The van der Waals surface area contributed by atoms with E-state index in [1.165, 1.54) is 11.3 Å². The van der Waals surface area contributed by atoms with E-state index in [4.69, 9.17) is 9.47 Å². The van der Waals surface area contributed by atoms with Crippen molar-refractivity contribution in [2.75, 3.05) is 25.1 Å². The third kappa shape index (κ3) is 4.30. The molecule has 9 nitrogen and oxygen atoms in total. The van der Waals surface area contributed by atoms with Gasteiger partial charge in [0.05, 0.1) is 30.7 Å². The molecule has 3 saturated heterocycles. The average Bonchev–Trinajstić information content (AvgIpc) is 3.50. The fourth-order valence-electron chi connectivity index (χ4n) is 7.31. The Hall–Kier alpha value is -2.65. The van der Waals surface area contributed by atoms with Gasteiger partial charge in [0.25, 0.3) is 0 Å². The number of carbonyl (C=O) groups is 3. The molecular formula is C28H39N3O6. The summed E-state index contributed by atoms with van der Waals surface area (Å²) in [5, 5.41) is 15.9. The third-order valence-corrected chi connectivity index (χ3v) is 8.94. The molecule has 202 valence electrons. The summed E-state index contributed by atoms with van der Waals surface area (Å²) in [6, 6.07) is 6.38. The van der Waals surface area contributed by atoms with Crippen molar-refractivity contribution in [1.82, 2.24) is 10.2 Å². The van der Waals surface area contributed by atoms with Gasteiger partial charge in [0.15, 0.2) is 0 Å². The molecule has 3 aliphatic heterocycles. The van der Waals surface area contributed by atoms with Gasteiger partial charge < -0.3 is 30.1 Å². The zero-order valence-electron chi connectivity index (χ0n) is 21.8. The van der Waals surface area contributed by atoms with E-state index in [0.29, 0.717) is 37.3 Å². The molecule has 1 saturated carbocycles. The van der Waals surface area contributed by atoms with E-state index in [0.717, 1.165) is 25.7 Å². The first kappa shape index (κ1) is 26.0. The van der Waals surface area contributed by atoms with Crippen LogP contribution < -0.4 is 15.4 Å². The van der Waals surface area contributed by atoms with Gasteiger partial charge in [-0.1, -0.05) is 26.2 Å². The Morgan fingerprint density at radius 1 is 1.11 bits per heavy atom. The Morgan fingerprint density at radius 3 is 2.49 bits per heavy atom. The molecule has 9 heteroatoms. The van der Waals surface area contributed by atoms with Crippen LogP contribution in [-0.4, -0.2) is 70.8 Å². The topological polar surface area (TPSA) is 117 Å². The highest BCUT2D eigenvalue weighted by Gasteiger charge is 2.78. The van der Waals surface area contributed by atoms with Crippen molar-refractivity contribution in [1.29, 1.82) is 0 Å². The number of hydrogen-bond acceptors (Lipinski definition) is 6. The largest absolute Gasteiger partial charge is 0.494 e. The summed E-state index contributed by atoms with van der Waals surface area (Å²) in [7, 11) is 0. The number of nitrogens with one attached hydrogen (secondary N) is 2. The molecule has 1 aliphatic carbocycles. The number of aliphatic hydroxyl groups excluding tert-OH is 1. The maximum atomic E-state index is 13.9. The molecule has 3 N–H and O–H groups in total. The van der Waals surface area contributed by atoms with Gasteiger partial charge in [-0.15, -0.1) is 0 Å². The summed E-state index contributed by atoms with van der Waals surface area (Å²) in [5.74, 6) is -1.56. The van der Waals surface area contributed by atoms with Gasteiger partial charge >= 0.3 is 0 Å². The molecule has 1 aromatic rings. The zero-order chi connectivity index (χ0) is 26.2. The van der Waals surface area contributed by atoms with Crippen LogP contribution in [0.15, 0.2) is 24.3 Å². The second kappa shape index (κ2) is 10.3. The summed E-state index contributed by atoms with van der Waals surface area (Å²) >= 11 is 0. The molecule has 0 aromatic heterocycles. The molecule has 37 heavy (non-hydrogen) atoms. The average molecular weight is 514 g/mol. The number of aliphatic hydroxyl groups is 1. The van der Waals surface area contributed by atoms with Crippen LogP contribution in [0.1, 0.15) is 65.2 Å². The Kier molecular flexibility index (Phi) is 7.20. The first-order valence-electron chi connectivity index (χ1n) is 13.8. The maximum absolute atomic E-state index is 13.9. The Labute approximate surface area is 218 Å². The summed E-state index contributed by atoms with van der Waals surface area (Å²) < 4.78 is 12.2. The van der Waals surface area contributed by atoms with Crippen LogP contribution in [-0.2, 0) is 19.1 Å². The van der Waals surface area contributed by atoms with Gasteiger partial charge in [-0.3, -0.25) is 14.4 Å². The van der Waals surface area contributed by atoms with Crippen LogP contribution in [0.4, 0.5) is 5.69 Å². The molecule has 3 heterocycles. The minimum absolute atomic E-state index is 0.0373. The number of nitrogens with zero attached hydrogens (tertiary/aromatic N) is 1. The van der Waals surface area contributed by atoms with Gasteiger partial charge in [0, 0.05) is 18.3 Å². The Morgan fingerprint density at radius 2 is 1.84 bits per heavy atom. The summed E-state index contributed by atoms with van der Waals surface area (Å²) in [5.41, 5.74) is -1.26. The van der Waals surface area contributed by atoms with Crippen molar-refractivity contribution in [3.8, 4) is 5.75 Å². The first-order valence-corrected chi connectivity index (χ1v) is 13.8. The number of carbonyl (C=O) groups excluding carboxylic acids is 3. The number of β-amino-alcohol motifs (C(OH)–C–C–N with tert-alkyl or cyclic N) is 1. The van der Waals surface area contributed by atoms with E-state index in [9.17, 15) is 19.5 Å². The number of ether oxygens (including phenoxy) is 2. The lowest BCUT2D eigenvalue weighted by Gasteiger charge is -2.35. The predicted molar refractivity (Wildman–Crippen MR) is 137 cm³/mol. The number of amides is 3. The molecule has 5 atom stereocenters. The highest BCUT2D eigenvalue weighted by Crippen LogP contribution is 2.64. The number of fused-ring (bicyclic) bond motifs is 1. The van der Waals surface area contributed by atoms with Crippen LogP contribution in [0, 0.1) is 11.8 Å². The predicted octanol–water partition coefficient (Wildman–Crippen LogP) is 2.62. The lowest BCUT2D eigenvalue weighted by atomic mass is 9.65. The molecule has 1 spiro atoms. The van der Waals surface area contributed by atoms with E-state index in [2.05, 4.69) is 10.6 Å². The smallest absolute Gasteiger partial charge is 0.246 e. The Balaban J connectivity index is 1.43. The number of likely N-dealkylation sites (tertiary alicyclic amines) is 1. The normalized spacial score (nSPS) is 32.9. The van der Waals surface area contributed by atoms with Crippen LogP contribution in [0.25, 0.3) is 0 Å². The molecule has 5 rings (SSSR count). The molecule has 3 amide bonds. The molecule has 2 unspecified atom stereocenters. The van der Waals surface area contributed by atoms with Gasteiger partial charge in [-0.05, 0) is 63.3 Å². The minimum Gasteiger partial charge on any atom is -0.494 e. The van der Waals surface area contributed by atoms with Gasteiger partial charge in [0.2, 0.25) is 17.7 Å². The summed E-state index contributed by atoms with van der Waals surface area (Å²) in [6.07, 6.45) is 6.88. The maximum Gasteiger partial charge on any atom is 0.246 e. The second-order valence-electron chi connectivity index (χ2n) is 10.9. The van der Waals surface area contributed by atoms with Crippen molar-refractivity contribution in [2.45, 2.75) is 88.5 Å². The lowest BCUT2D eigenvalue weighted by Crippen LogP contribution is -2.57. The van der Waals surface area contributed by atoms with Crippen molar-refractivity contribution >= 4 is 23.4 Å². The molecule has 1 aromatic carbocycles. The van der Waals surface area contributed by atoms with E-state index >= 15 is 0 Å². The summed E-state index contributed by atoms with van der Waals surface area (Å²) in [4.78, 5) is 42.8. The van der Waals surface area contributed by atoms with Crippen molar-refractivity contribution in [3.05, 3.63) is 24.3 Å². The SMILES string of the molecule is CCOc1ccc(NC(=O)[C@H]2[C@H]3C(=O)N(CCO)C(C(=O)NC4CCCCC4)C34CC[C@]2(CC)O4)cc1. The van der Waals surface area contributed by atoms with E-state index in [1.54, 1.807) is 24.3 Å². The van der Waals surface area contributed by atoms with E-state index < -0.39 is 29.1 Å². The quantitative estimate of drug-likeness (QED) is 0.467. The van der Waals surface area contributed by atoms with Gasteiger partial charge in [-0.2, -0.15) is 0 Å². The van der Waals surface area contributed by atoms with Crippen molar-refractivity contribution in [2.24, 2.45) is 11.8 Å². The fourth-order valence-corrected chi connectivity index (χ4v) is 7.31. The summed E-state index contributed by atoms with van der Waals surface area (Å²) in [6.45, 7) is 4.21.